The van der Waals surface area contributed by atoms with Crippen molar-refractivity contribution in [1.29, 1.82) is 0 Å². The summed E-state index contributed by atoms with van der Waals surface area (Å²) in [5, 5.41) is 11.0. The van der Waals surface area contributed by atoms with Gasteiger partial charge in [0.15, 0.2) is 5.96 Å². The Morgan fingerprint density at radius 2 is 1.70 bits per heavy atom. The van der Waals surface area contributed by atoms with Crippen molar-refractivity contribution >= 4 is 34.0 Å². The molecule has 0 fully saturated rings. The molecule has 0 spiro atoms. The number of fused-ring (bicyclic) bond motifs is 1. The summed E-state index contributed by atoms with van der Waals surface area (Å²) in [5.41, 5.74) is 3.97. The number of anilines is 1. The van der Waals surface area contributed by atoms with E-state index in [0.717, 1.165) is 16.3 Å². The number of aliphatic imine (C=N–C) groups is 1. The van der Waals surface area contributed by atoms with Gasteiger partial charge in [-0.2, -0.15) is 0 Å². The first-order chi connectivity index (χ1) is 15.7. The topological polar surface area (TPSA) is 74.8 Å². The van der Waals surface area contributed by atoms with Crippen molar-refractivity contribution in [1.82, 2.24) is 10.6 Å². The van der Waals surface area contributed by atoms with Crippen LogP contribution in [-0.4, -0.2) is 33.1 Å². The molecule has 3 aromatic rings. The lowest BCUT2D eigenvalue weighted by Gasteiger charge is -2.19. The van der Waals surface area contributed by atoms with E-state index in [-0.39, 0.29) is 11.3 Å². The molecule has 0 bridgehead atoms. The predicted molar refractivity (Wildman–Crippen MR) is 138 cm³/mol. The number of nitrogens with one attached hydrogen (secondary N) is 3. The Hall–Kier alpha value is -3.80. The largest absolute Gasteiger partial charge is 0.497 e. The molecule has 172 valence electrons. The van der Waals surface area contributed by atoms with Gasteiger partial charge in [0, 0.05) is 42.0 Å². The maximum absolute atomic E-state index is 13.1. The number of ether oxygens (including phenoxy) is 1. The number of hydrogen-bond donors (Lipinski definition) is 3. The van der Waals surface area contributed by atoms with Crippen molar-refractivity contribution < 1.29 is 9.53 Å². The summed E-state index contributed by atoms with van der Waals surface area (Å²) in [6.07, 6.45) is 0. The summed E-state index contributed by atoms with van der Waals surface area (Å²) >= 11 is 0. The molecule has 3 N–H and O–H groups in total. The standard InChI is InChI=1S/C27H32N4O2/c1-17(30-26(28-5)29-6)20-14-19-10-13-22(33-7)16-23(19)24(15-20)31-25(32)18-8-11-21(12-9-18)27(2,3)4/h8-16H,1H2,2-7H3,(H,31,32)(H2,28,29,30). The lowest BCUT2D eigenvalue weighted by molar-refractivity contribution is 0.102. The average molecular weight is 445 g/mol. The maximum Gasteiger partial charge on any atom is 0.255 e. The molecule has 0 atom stereocenters. The number of carbonyl (C=O) groups is 1. The van der Waals surface area contributed by atoms with Crippen LogP contribution in [0.1, 0.15) is 42.3 Å². The Morgan fingerprint density at radius 3 is 2.27 bits per heavy atom. The first kappa shape index (κ1) is 23.9. The molecule has 0 saturated heterocycles. The van der Waals surface area contributed by atoms with Gasteiger partial charge in [-0.1, -0.05) is 45.5 Å². The summed E-state index contributed by atoms with van der Waals surface area (Å²) in [6, 6.07) is 17.4. The smallest absolute Gasteiger partial charge is 0.255 e. The second-order valence-electron chi connectivity index (χ2n) is 8.82. The van der Waals surface area contributed by atoms with Crippen LogP contribution in [0.15, 0.2) is 66.2 Å². The van der Waals surface area contributed by atoms with Crippen LogP contribution in [0.4, 0.5) is 5.69 Å². The zero-order valence-electron chi connectivity index (χ0n) is 20.2. The third-order valence-electron chi connectivity index (χ3n) is 5.50. The highest BCUT2D eigenvalue weighted by Gasteiger charge is 2.16. The van der Waals surface area contributed by atoms with E-state index in [9.17, 15) is 4.79 Å². The third kappa shape index (κ3) is 5.52. The average Bonchev–Trinajstić information content (AvgIpc) is 2.81. The first-order valence-corrected chi connectivity index (χ1v) is 10.8. The van der Waals surface area contributed by atoms with Crippen LogP contribution >= 0.6 is 0 Å². The van der Waals surface area contributed by atoms with Crippen LogP contribution in [0.2, 0.25) is 0 Å². The van der Waals surface area contributed by atoms with Gasteiger partial charge in [0.1, 0.15) is 5.75 Å². The van der Waals surface area contributed by atoms with Crippen molar-refractivity contribution in [2.24, 2.45) is 4.99 Å². The Balaban J connectivity index is 2.00. The second-order valence-corrected chi connectivity index (χ2v) is 8.82. The van der Waals surface area contributed by atoms with Crippen LogP contribution in [0.3, 0.4) is 0 Å². The second kappa shape index (κ2) is 9.77. The van der Waals surface area contributed by atoms with Crippen molar-refractivity contribution in [2.75, 3.05) is 26.5 Å². The van der Waals surface area contributed by atoms with Crippen molar-refractivity contribution in [3.05, 3.63) is 77.9 Å². The highest BCUT2D eigenvalue weighted by molar-refractivity contribution is 6.10. The third-order valence-corrected chi connectivity index (χ3v) is 5.50. The molecule has 0 aliphatic rings. The van der Waals surface area contributed by atoms with Gasteiger partial charge in [-0.3, -0.25) is 9.79 Å². The summed E-state index contributed by atoms with van der Waals surface area (Å²) in [6.45, 7) is 10.6. The molecular formula is C27H32N4O2. The van der Waals surface area contributed by atoms with Gasteiger partial charge in [0.25, 0.3) is 5.91 Å². The fourth-order valence-corrected chi connectivity index (χ4v) is 3.50. The van der Waals surface area contributed by atoms with E-state index < -0.39 is 0 Å². The molecule has 0 heterocycles. The van der Waals surface area contributed by atoms with Gasteiger partial charge in [-0.15, -0.1) is 0 Å². The van der Waals surface area contributed by atoms with E-state index in [1.807, 2.05) is 54.6 Å². The van der Waals surface area contributed by atoms with E-state index in [1.165, 1.54) is 5.56 Å². The molecule has 0 aromatic heterocycles. The SMILES string of the molecule is C=C(NC(=NC)NC)c1cc(NC(=O)c2ccc(C(C)(C)C)cc2)c2cc(OC)ccc2c1. The Labute approximate surface area is 195 Å². The van der Waals surface area contributed by atoms with Gasteiger partial charge in [-0.05, 0) is 52.8 Å². The van der Waals surface area contributed by atoms with Crippen LogP contribution in [0.25, 0.3) is 16.5 Å². The van der Waals surface area contributed by atoms with E-state index in [0.29, 0.717) is 28.7 Å². The zero-order valence-corrected chi connectivity index (χ0v) is 20.2. The quantitative estimate of drug-likeness (QED) is 0.375. The maximum atomic E-state index is 13.1. The number of carbonyl (C=O) groups excluding carboxylic acids is 1. The lowest BCUT2D eigenvalue weighted by Crippen LogP contribution is -2.33. The first-order valence-electron chi connectivity index (χ1n) is 10.8. The molecule has 3 aromatic carbocycles. The molecular weight excluding hydrogens is 412 g/mol. The van der Waals surface area contributed by atoms with Crippen LogP contribution in [0, 0.1) is 0 Å². The molecule has 0 radical (unpaired) electrons. The minimum atomic E-state index is -0.179. The molecule has 0 aliphatic heterocycles. The number of methoxy groups -OCH3 is 1. The summed E-state index contributed by atoms with van der Waals surface area (Å²) in [5.74, 6) is 1.13. The monoisotopic (exact) mass is 444 g/mol. The molecule has 1 amide bonds. The van der Waals surface area contributed by atoms with E-state index >= 15 is 0 Å². The Morgan fingerprint density at radius 1 is 1.00 bits per heavy atom. The fraction of sp³-hybridized carbons (Fsp3) is 0.259. The van der Waals surface area contributed by atoms with E-state index in [2.05, 4.69) is 48.3 Å². The molecule has 6 heteroatoms. The number of guanidine groups is 1. The number of amides is 1. The minimum absolute atomic E-state index is 0.0252. The summed E-state index contributed by atoms with van der Waals surface area (Å²) in [7, 11) is 5.10. The summed E-state index contributed by atoms with van der Waals surface area (Å²) < 4.78 is 5.40. The zero-order chi connectivity index (χ0) is 24.2. The number of nitrogens with zero attached hydrogens (tertiary/aromatic N) is 1. The van der Waals surface area contributed by atoms with Gasteiger partial charge in [-0.25, -0.2) is 0 Å². The van der Waals surface area contributed by atoms with Crippen LogP contribution < -0.4 is 20.7 Å². The molecule has 0 aliphatic carbocycles. The van der Waals surface area contributed by atoms with Crippen molar-refractivity contribution in [3.63, 3.8) is 0 Å². The molecule has 0 unspecified atom stereocenters. The highest BCUT2D eigenvalue weighted by Crippen LogP contribution is 2.31. The number of rotatable bonds is 5. The minimum Gasteiger partial charge on any atom is -0.497 e. The van der Waals surface area contributed by atoms with Gasteiger partial charge < -0.3 is 20.7 Å². The van der Waals surface area contributed by atoms with E-state index in [4.69, 9.17) is 4.74 Å². The van der Waals surface area contributed by atoms with Gasteiger partial charge >= 0.3 is 0 Å². The van der Waals surface area contributed by atoms with Gasteiger partial charge in [0.2, 0.25) is 0 Å². The van der Waals surface area contributed by atoms with Crippen molar-refractivity contribution in [3.8, 4) is 5.75 Å². The molecule has 6 nitrogen and oxygen atoms in total. The number of hydrogen-bond acceptors (Lipinski definition) is 3. The molecule has 3 rings (SSSR count). The lowest BCUT2D eigenvalue weighted by atomic mass is 9.86. The molecule has 0 saturated carbocycles. The predicted octanol–water partition coefficient (Wildman–Crippen LogP) is 5.16. The van der Waals surface area contributed by atoms with Crippen molar-refractivity contribution in [2.45, 2.75) is 26.2 Å². The molecule has 33 heavy (non-hydrogen) atoms. The Kier molecular flexibility index (Phi) is 7.07. The Bertz CT molecular complexity index is 1210. The normalized spacial score (nSPS) is 11.8. The van der Waals surface area contributed by atoms with Crippen LogP contribution in [0.5, 0.6) is 5.75 Å². The van der Waals surface area contributed by atoms with Crippen LogP contribution in [-0.2, 0) is 5.41 Å². The number of benzene rings is 3. The van der Waals surface area contributed by atoms with E-state index in [1.54, 1.807) is 21.2 Å². The highest BCUT2D eigenvalue weighted by atomic mass is 16.5. The fourth-order valence-electron chi connectivity index (χ4n) is 3.50. The summed E-state index contributed by atoms with van der Waals surface area (Å²) in [4.78, 5) is 17.3. The van der Waals surface area contributed by atoms with Gasteiger partial charge in [0.05, 0.1) is 7.11 Å².